The molecule has 30 heavy (non-hydrogen) atoms. The van der Waals surface area contributed by atoms with Crippen LogP contribution in [0.1, 0.15) is 54.9 Å². The third-order valence-corrected chi connectivity index (χ3v) is 6.52. The number of benzene rings is 2. The van der Waals surface area contributed by atoms with E-state index in [2.05, 4.69) is 0 Å². The van der Waals surface area contributed by atoms with Gasteiger partial charge in [0, 0.05) is 16.7 Å². The maximum atomic E-state index is 14.1. The Bertz CT molecular complexity index is 1080. The molecular formula is C25H23NO4. The van der Waals surface area contributed by atoms with Crippen molar-refractivity contribution >= 4 is 23.5 Å². The molecule has 0 N–H and O–H groups in total. The number of allylic oxidation sites excluding steroid dienone is 1. The standard InChI is InChI=1S/C25H23NO4/c1-16-21(17-10-4-2-5-11-17)25(30-23(16)28)20-15-9-8-14-19(20)22(27)26(24(25)29)18-12-6-3-7-13-18/h3,6-9,12-16H,2,4-5,10-11H2,1H3/t16-,25-/m0/s1. The largest absolute Gasteiger partial charge is 0.439 e. The second-order valence-electron chi connectivity index (χ2n) is 8.23. The van der Waals surface area contributed by atoms with Gasteiger partial charge in [-0.3, -0.25) is 14.4 Å². The molecular weight excluding hydrogens is 378 g/mol. The van der Waals surface area contributed by atoms with Crippen LogP contribution in [-0.4, -0.2) is 17.8 Å². The highest BCUT2D eigenvalue weighted by atomic mass is 16.6. The minimum absolute atomic E-state index is 0.393. The highest BCUT2D eigenvalue weighted by molar-refractivity contribution is 6.28. The lowest BCUT2D eigenvalue weighted by Crippen LogP contribution is -2.55. The zero-order valence-corrected chi connectivity index (χ0v) is 16.9. The minimum atomic E-state index is -1.57. The highest BCUT2D eigenvalue weighted by Crippen LogP contribution is 2.52. The molecule has 1 aliphatic carbocycles. The molecule has 1 saturated carbocycles. The molecule has 3 aliphatic rings. The molecule has 0 aromatic heterocycles. The molecule has 2 amide bonds. The van der Waals surface area contributed by atoms with Gasteiger partial charge in [-0.2, -0.15) is 0 Å². The first kappa shape index (κ1) is 18.8. The van der Waals surface area contributed by atoms with Crippen molar-refractivity contribution in [3.05, 3.63) is 76.9 Å². The number of nitrogens with zero attached hydrogens (tertiary/aromatic N) is 1. The van der Waals surface area contributed by atoms with Crippen molar-refractivity contribution < 1.29 is 19.1 Å². The van der Waals surface area contributed by atoms with Crippen molar-refractivity contribution in [1.82, 2.24) is 0 Å². The second-order valence-corrected chi connectivity index (χ2v) is 8.23. The zero-order chi connectivity index (χ0) is 20.9. The number of esters is 1. The molecule has 152 valence electrons. The molecule has 2 aromatic carbocycles. The van der Waals surface area contributed by atoms with Gasteiger partial charge in [0.25, 0.3) is 11.8 Å². The number of fused-ring (bicyclic) bond motifs is 2. The summed E-state index contributed by atoms with van der Waals surface area (Å²) >= 11 is 0. The van der Waals surface area contributed by atoms with Crippen LogP contribution in [-0.2, 0) is 19.9 Å². The van der Waals surface area contributed by atoms with E-state index in [1.54, 1.807) is 48.5 Å². The van der Waals surface area contributed by atoms with Crippen molar-refractivity contribution in [2.45, 2.75) is 44.6 Å². The second kappa shape index (κ2) is 6.94. The Balaban J connectivity index is 1.81. The van der Waals surface area contributed by atoms with E-state index in [9.17, 15) is 14.4 Å². The number of imide groups is 1. The van der Waals surface area contributed by atoms with Gasteiger partial charge in [-0.1, -0.05) is 48.4 Å². The van der Waals surface area contributed by atoms with Crippen LogP contribution in [0.15, 0.2) is 65.7 Å². The number of para-hydroxylation sites is 1. The van der Waals surface area contributed by atoms with E-state index in [0.29, 0.717) is 16.8 Å². The maximum Gasteiger partial charge on any atom is 0.314 e. The van der Waals surface area contributed by atoms with Crippen LogP contribution in [0.25, 0.3) is 0 Å². The Hall–Kier alpha value is -3.21. The normalized spacial score (nSPS) is 26.2. The lowest BCUT2D eigenvalue weighted by Gasteiger charge is -2.40. The molecule has 2 fully saturated rings. The Morgan fingerprint density at radius 3 is 2.30 bits per heavy atom. The molecule has 2 aromatic rings. The number of hydrogen-bond acceptors (Lipinski definition) is 4. The molecule has 0 radical (unpaired) electrons. The monoisotopic (exact) mass is 401 g/mol. The summed E-state index contributed by atoms with van der Waals surface area (Å²) in [6.07, 6.45) is 4.92. The number of ether oxygens (including phenoxy) is 1. The quantitative estimate of drug-likeness (QED) is 0.400. The minimum Gasteiger partial charge on any atom is -0.439 e. The summed E-state index contributed by atoms with van der Waals surface area (Å²) in [4.78, 5) is 41.5. The molecule has 0 unspecified atom stereocenters. The van der Waals surface area contributed by atoms with Crippen LogP contribution in [0.5, 0.6) is 0 Å². The Kier molecular flexibility index (Phi) is 4.35. The van der Waals surface area contributed by atoms with Crippen molar-refractivity contribution in [2.75, 3.05) is 4.90 Å². The van der Waals surface area contributed by atoms with Gasteiger partial charge in [-0.05, 0) is 50.8 Å². The lowest BCUT2D eigenvalue weighted by atomic mass is 9.72. The maximum absolute atomic E-state index is 14.1. The molecule has 5 heteroatoms. The molecule has 5 rings (SSSR count). The first-order valence-electron chi connectivity index (χ1n) is 10.5. The van der Waals surface area contributed by atoms with Crippen LogP contribution < -0.4 is 4.90 Å². The first-order chi connectivity index (χ1) is 14.6. The molecule has 1 saturated heterocycles. The van der Waals surface area contributed by atoms with Gasteiger partial charge in [0.05, 0.1) is 11.6 Å². The van der Waals surface area contributed by atoms with E-state index < -0.39 is 29.3 Å². The summed E-state index contributed by atoms with van der Waals surface area (Å²) in [5.41, 5.74) is 1.67. The predicted molar refractivity (Wildman–Crippen MR) is 112 cm³/mol. The fourth-order valence-electron chi connectivity index (χ4n) is 5.15. The van der Waals surface area contributed by atoms with Gasteiger partial charge in [-0.15, -0.1) is 0 Å². The molecule has 0 bridgehead atoms. The SMILES string of the molecule is C[C@@H]1C(=O)O[C@]2(C(=O)N(c3ccccc3)C(=O)c3ccccc32)C1=C1CCCCC1. The van der Waals surface area contributed by atoms with Gasteiger partial charge >= 0.3 is 5.97 Å². The lowest BCUT2D eigenvalue weighted by molar-refractivity contribution is -0.158. The summed E-state index contributed by atoms with van der Waals surface area (Å²) in [7, 11) is 0. The number of amides is 2. The molecule has 5 nitrogen and oxygen atoms in total. The first-order valence-corrected chi connectivity index (χ1v) is 10.5. The van der Waals surface area contributed by atoms with E-state index in [-0.39, 0.29) is 0 Å². The van der Waals surface area contributed by atoms with Crippen molar-refractivity contribution in [2.24, 2.45) is 5.92 Å². The van der Waals surface area contributed by atoms with Gasteiger partial charge in [0.1, 0.15) is 0 Å². The zero-order valence-electron chi connectivity index (χ0n) is 16.9. The smallest absolute Gasteiger partial charge is 0.314 e. The van der Waals surface area contributed by atoms with Crippen molar-refractivity contribution in [3.8, 4) is 0 Å². The predicted octanol–water partition coefficient (Wildman–Crippen LogP) is 4.52. The summed E-state index contributed by atoms with van der Waals surface area (Å²) in [6.45, 7) is 1.81. The van der Waals surface area contributed by atoms with Gasteiger partial charge < -0.3 is 4.74 Å². The topological polar surface area (TPSA) is 63.7 Å². The summed E-state index contributed by atoms with van der Waals surface area (Å²) in [5, 5.41) is 0. The highest BCUT2D eigenvalue weighted by Gasteiger charge is 2.63. The van der Waals surface area contributed by atoms with Crippen LogP contribution in [0.3, 0.4) is 0 Å². The van der Waals surface area contributed by atoms with Crippen LogP contribution in [0.2, 0.25) is 0 Å². The molecule has 2 aliphatic heterocycles. The van der Waals surface area contributed by atoms with E-state index in [1.807, 2.05) is 13.0 Å². The summed E-state index contributed by atoms with van der Waals surface area (Å²) < 4.78 is 5.97. The Morgan fingerprint density at radius 2 is 1.57 bits per heavy atom. The number of anilines is 1. The van der Waals surface area contributed by atoms with Crippen molar-refractivity contribution in [1.29, 1.82) is 0 Å². The Morgan fingerprint density at radius 1 is 0.900 bits per heavy atom. The molecule has 1 spiro atoms. The third-order valence-electron chi connectivity index (χ3n) is 6.52. The molecule has 2 heterocycles. The van der Waals surface area contributed by atoms with E-state index in [0.717, 1.165) is 43.3 Å². The van der Waals surface area contributed by atoms with Gasteiger partial charge in [0.2, 0.25) is 5.60 Å². The van der Waals surface area contributed by atoms with Gasteiger partial charge in [-0.25, -0.2) is 4.90 Å². The van der Waals surface area contributed by atoms with Crippen LogP contribution >= 0.6 is 0 Å². The number of rotatable bonds is 1. The van der Waals surface area contributed by atoms with Crippen molar-refractivity contribution in [3.63, 3.8) is 0 Å². The Labute approximate surface area is 175 Å². The van der Waals surface area contributed by atoms with Crippen LogP contribution in [0.4, 0.5) is 5.69 Å². The fourth-order valence-corrected chi connectivity index (χ4v) is 5.15. The average Bonchev–Trinajstić information content (AvgIpc) is 3.05. The van der Waals surface area contributed by atoms with Gasteiger partial charge in [0.15, 0.2) is 0 Å². The number of carbonyl (C=O) groups is 3. The van der Waals surface area contributed by atoms with E-state index in [4.69, 9.17) is 4.74 Å². The third kappa shape index (κ3) is 2.51. The fraction of sp³-hybridized carbons (Fsp3) is 0.320. The van der Waals surface area contributed by atoms with E-state index in [1.165, 1.54) is 4.90 Å². The summed E-state index contributed by atoms with van der Waals surface area (Å²) in [6, 6.07) is 15.9. The number of carbonyl (C=O) groups excluding carboxylic acids is 3. The number of hydrogen-bond donors (Lipinski definition) is 0. The molecule has 2 atom stereocenters. The summed E-state index contributed by atoms with van der Waals surface area (Å²) in [5.74, 6) is -1.81. The van der Waals surface area contributed by atoms with E-state index >= 15 is 0 Å². The average molecular weight is 401 g/mol. The van der Waals surface area contributed by atoms with Crippen LogP contribution in [0, 0.1) is 5.92 Å².